The average molecular weight is 245 g/mol. The van der Waals surface area contributed by atoms with Crippen molar-refractivity contribution in [3.63, 3.8) is 0 Å². The average Bonchev–Trinajstić information content (AvgIpc) is 2.48. The lowest BCUT2D eigenvalue weighted by Gasteiger charge is -2.25. The minimum absolute atomic E-state index is 0.640. The summed E-state index contributed by atoms with van der Waals surface area (Å²) in [4.78, 5) is 2.31. The fraction of sp³-hybridized carbons (Fsp3) is 0.800. The van der Waals surface area contributed by atoms with E-state index in [0.29, 0.717) is 11.8 Å². The van der Waals surface area contributed by atoms with E-state index in [0.717, 1.165) is 22.2 Å². The number of nitrogens with one attached hydrogen (secondary N) is 1. The molecule has 1 aromatic rings. The molecule has 1 aromatic heterocycles. The highest BCUT2D eigenvalue weighted by Crippen LogP contribution is 2.19. The van der Waals surface area contributed by atoms with Crippen molar-refractivity contribution in [3.8, 4) is 0 Å². The standard InChI is InChI=1S/C10H19N3S2/c1-7(2)5-13(6-8(3)4)9-11-12-10(14)15-9/h7-8H,5-6H2,1-4H3,(H,12,14). The topological polar surface area (TPSA) is 31.9 Å². The van der Waals surface area contributed by atoms with Gasteiger partial charge in [-0.1, -0.05) is 39.0 Å². The second-order valence-electron chi connectivity index (χ2n) is 4.59. The first kappa shape index (κ1) is 12.6. The molecule has 5 heteroatoms. The Hall–Kier alpha value is -0.420. The van der Waals surface area contributed by atoms with Crippen LogP contribution in [-0.4, -0.2) is 23.3 Å². The molecule has 1 N–H and O–H groups in total. The van der Waals surface area contributed by atoms with Crippen LogP contribution in [-0.2, 0) is 0 Å². The number of rotatable bonds is 5. The van der Waals surface area contributed by atoms with Crippen LogP contribution < -0.4 is 4.90 Å². The monoisotopic (exact) mass is 245 g/mol. The molecule has 0 aliphatic rings. The van der Waals surface area contributed by atoms with E-state index in [1.807, 2.05) is 0 Å². The molecule has 0 aliphatic heterocycles. The van der Waals surface area contributed by atoms with Gasteiger partial charge in [0.2, 0.25) is 5.13 Å². The molecule has 0 radical (unpaired) electrons. The van der Waals surface area contributed by atoms with E-state index in [1.54, 1.807) is 11.3 Å². The predicted molar refractivity (Wildman–Crippen MR) is 69.2 cm³/mol. The lowest BCUT2D eigenvalue weighted by atomic mass is 10.1. The van der Waals surface area contributed by atoms with Gasteiger partial charge in [-0.3, -0.25) is 5.10 Å². The lowest BCUT2D eigenvalue weighted by Crippen LogP contribution is -2.31. The van der Waals surface area contributed by atoms with E-state index in [4.69, 9.17) is 12.2 Å². The normalized spacial score (nSPS) is 11.3. The molecule has 0 bridgehead atoms. The third kappa shape index (κ3) is 4.30. The highest BCUT2D eigenvalue weighted by molar-refractivity contribution is 7.73. The van der Waals surface area contributed by atoms with Crippen LogP contribution in [0.5, 0.6) is 0 Å². The van der Waals surface area contributed by atoms with Crippen molar-refractivity contribution < 1.29 is 0 Å². The molecule has 1 rings (SSSR count). The van der Waals surface area contributed by atoms with Gasteiger partial charge in [0.15, 0.2) is 3.95 Å². The number of aromatic nitrogens is 2. The van der Waals surface area contributed by atoms with Crippen molar-refractivity contribution >= 4 is 28.7 Å². The third-order valence-electron chi connectivity index (χ3n) is 1.87. The molecule has 86 valence electrons. The van der Waals surface area contributed by atoms with Crippen molar-refractivity contribution in [2.45, 2.75) is 27.7 Å². The fourth-order valence-electron chi connectivity index (χ4n) is 1.47. The van der Waals surface area contributed by atoms with Gasteiger partial charge < -0.3 is 4.90 Å². The number of aromatic amines is 1. The van der Waals surface area contributed by atoms with Crippen LogP contribution in [0, 0.1) is 15.8 Å². The fourth-order valence-corrected chi connectivity index (χ4v) is 2.37. The van der Waals surface area contributed by atoms with Crippen LogP contribution >= 0.6 is 23.6 Å². The zero-order valence-corrected chi connectivity index (χ0v) is 11.4. The number of anilines is 1. The lowest BCUT2D eigenvalue weighted by molar-refractivity contribution is 0.550. The second-order valence-corrected chi connectivity index (χ2v) is 6.23. The van der Waals surface area contributed by atoms with E-state index < -0.39 is 0 Å². The maximum Gasteiger partial charge on any atom is 0.206 e. The van der Waals surface area contributed by atoms with E-state index in [1.165, 1.54) is 0 Å². The maximum absolute atomic E-state index is 5.05. The van der Waals surface area contributed by atoms with Gasteiger partial charge in [0.1, 0.15) is 0 Å². The Morgan fingerprint density at radius 1 is 1.27 bits per heavy atom. The summed E-state index contributed by atoms with van der Waals surface area (Å²) in [7, 11) is 0. The van der Waals surface area contributed by atoms with Crippen LogP contribution in [0.2, 0.25) is 0 Å². The largest absolute Gasteiger partial charge is 0.346 e. The van der Waals surface area contributed by atoms with Gasteiger partial charge in [0, 0.05) is 13.1 Å². The molecule has 15 heavy (non-hydrogen) atoms. The minimum atomic E-state index is 0.640. The van der Waals surface area contributed by atoms with Gasteiger partial charge in [-0.25, -0.2) is 0 Å². The maximum atomic E-state index is 5.05. The van der Waals surface area contributed by atoms with E-state index in [-0.39, 0.29) is 0 Å². The highest BCUT2D eigenvalue weighted by Gasteiger charge is 2.13. The van der Waals surface area contributed by atoms with Crippen molar-refractivity contribution in [1.82, 2.24) is 10.2 Å². The first-order valence-electron chi connectivity index (χ1n) is 5.29. The number of H-pyrrole nitrogens is 1. The molecule has 0 saturated carbocycles. The zero-order valence-electron chi connectivity index (χ0n) is 9.78. The Kier molecular flexibility index (Phi) is 4.73. The Balaban J connectivity index is 2.75. The number of hydrogen-bond acceptors (Lipinski definition) is 4. The summed E-state index contributed by atoms with van der Waals surface area (Å²) in [5.41, 5.74) is 0. The van der Waals surface area contributed by atoms with Crippen LogP contribution in [0.15, 0.2) is 0 Å². The summed E-state index contributed by atoms with van der Waals surface area (Å²) < 4.78 is 0.752. The smallest absolute Gasteiger partial charge is 0.206 e. The van der Waals surface area contributed by atoms with Crippen LogP contribution in [0.1, 0.15) is 27.7 Å². The summed E-state index contributed by atoms with van der Waals surface area (Å²) in [6.45, 7) is 11.0. The van der Waals surface area contributed by atoms with Crippen molar-refractivity contribution in [2.24, 2.45) is 11.8 Å². The van der Waals surface area contributed by atoms with E-state index in [2.05, 4.69) is 42.8 Å². The molecule has 0 spiro atoms. The van der Waals surface area contributed by atoms with Gasteiger partial charge in [-0.2, -0.15) is 0 Å². The molecule has 0 aliphatic carbocycles. The Bertz CT molecular complexity index is 330. The summed E-state index contributed by atoms with van der Waals surface area (Å²) >= 11 is 6.61. The first-order valence-corrected chi connectivity index (χ1v) is 6.52. The van der Waals surface area contributed by atoms with Crippen LogP contribution in [0.4, 0.5) is 5.13 Å². The molecule has 0 aromatic carbocycles. The van der Waals surface area contributed by atoms with Crippen molar-refractivity contribution in [1.29, 1.82) is 0 Å². The Labute approximate surface area is 101 Å². The molecular weight excluding hydrogens is 226 g/mol. The van der Waals surface area contributed by atoms with Crippen LogP contribution in [0.25, 0.3) is 0 Å². The van der Waals surface area contributed by atoms with Gasteiger partial charge >= 0.3 is 0 Å². The van der Waals surface area contributed by atoms with Crippen molar-refractivity contribution in [3.05, 3.63) is 3.95 Å². The van der Waals surface area contributed by atoms with E-state index in [9.17, 15) is 0 Å². The molecule has 0 fully saturated rings. The number of nitrogens with zero attached hydrogens (tertiary/aromatic N) is 2. The minimum Gasteiger partial charge on any atom is -0.346 e. The highest BCUT2D eigenvalue weighted by atomic mass is 32.1. The molecule has 0 saturated heterocycles. The van der Waals surface area contributed by atoms with Gasteiger partial charge in [-0.15, -0.1) is 5.10 Å². The molecule has 3 nitrogen and oxygen atoms in total. The molecule has 0 unspecified atom stereocenters. The van der Waals surface area contributed by atoms with Crippen LogP contribution in [0.3, 0.4) is 0 Å². The zero-order chi connectivity index (χ0) is 11.4. The Morgan fingerprint density at radius 2 is 1.80 bits per heavy atom. The second kappa shape index (κ2) is 5.61. The summed E-state index contributed by atoms with van der Waals surface area (Å²) in [5.74, 6) is 1.28. The van der Waals surface area contributed by atoms with Gasteiger partial charge in [0.05, 0.1) is 0 Å². The summed E-state index contributed by atoms with van der Waals surface area (Å²) in [6.07, 6.45) is 0. The Morgan fingerprint density at radius 3 is 2.13 bits per heavy atom. The van der Waals surface area contributed by atoms with Gasteiger partial charge in [-0.05, 0) is 24.1 Å². The molecule has 1 heterocycles. The SMILES string of the molecule is CC(C)CN(CC(C)C)c1n[nH]c(=S)s1. The quantitative estimate of drug-likeness (QED) is 0.808. The van der Waals surface area contributed by atoms with Gasteiger partial charge in [0.25, 0.3) is 0 Å². The third-order valence-corrected chi connectivity index (χ3v) is 3.02. The number of hydrogen-bond donors (Lipinski definition) is 1. The molecular formula is C10H19N3S2. The van der Waals surface area contributed by atoms with Crippen molar-refractivity contribution in [2.75, 3.05) is 18.0 Å². The van der Waals surface area contributed by atoms with E-state index >= 15 is 0 Å². The summed E-state index contributed by atoms with van der Waals surface area (Å²) in [6, 6.07) is 0. The summed E-state index contributed by atoms with van der Waals surface area (Å²) in [5, 5.41) is 8.09. The predicted octanol–water partition coefficient (Wildman–Crippen LogP) is 3.32. The molecule has 0 amide bonds. The first-order chi connectivity index (χ1) is 6.99. The molecule has 0 atom stereocenters.